The first-order valence-corrected chi connectivity index (χ1v) is 6.48. The lowest BCUT2D eigenvalue weighted by Crippen LogP contribution is -2.58. The van der Waals surface area contributed by atoms with Gasteiger partial charge in [-0.25, -0.2) is 0 Å². The average molecular weight is 280 g/mol. The standard InChI is InChI=1S/C13H14BrNO/c14-11-3-1-9(2-4-11)5-13-6-10(7-13)12(16)15-8-13/h1-4,10H,5-8H2,(H,15,16). The molecule has 2 nitrogen and oxygen atoms in total. The van der Waals surface area contributed by atoms with Gasteiger partial charge >= 0.3 is 0 Å². The fourth-order valence-corrected chi connectivity index (χ4v) is 3.24. The van der Waals surface area contributed by atoms with Crippen molar-refractivity contribution in [3.8, 4) is 0 Å². The lowest BCUT2D eigenvalue weighted by molar-refractivity contribution is -0.140. The van der Waals surface area contributed by atoms with Gasteiger partial charge in [0.2, 0.25) is 5.91 Å². The molecule has 3 fully saturated rings. The molecule has 1 aromatic rings. The molecule has 0 unspecified atom stereocenters. The molecule has 3 aliphatic rings. The average Bonchev–Trinajstić information content (AvgIpc) is 2.23. The van der Waals surface area contributed by atoms with Gasteiger partial charge in [-0.2, -0.15) is 0 Å². The van der Waals surface area contributed by atoms with Crippen molar-refractivity contribution in [2.24, 2.45) is 11.3 Å². The van der Waals surface area contributed by atoms with Gasteiger partial charge < -0.3 is 5.32 Å². The summed E-state index contributed by atoms with van der Waals surface area (Å²) in [7, 11) is 0. The molecule has 1 aromatic carbocycles. The molecule has 3 heteroatoms. The van der Waals surface area contributed by atoms with Crippen LogP contribution in [0.1, 0.15) is 18.4 Å². The Hall–Kier alpha value is -0.830. The zero-order valence-electron chi connectivity index (χ0n) is 9.00. The molecule has 84 valence electrons. The van der Waals surface area contributed by atoms with Gasteiger partial charge in [0.25, 0.3) is 0 Å². The molecule has 1 saturated carbocycles. The fraction of sp³-hybridized carbons (Fsp3) is 0.462. The molecule has 1 amide bonds. The SMILES string of the molecule is O=C1NCC2(Cc3ccc(Br)cc3)CC1C2. The molecule has 4 rings (SSSR count). The molecule has 0 aromatic heterocycles. The monoisotopic (exact) mass is 279 g/mol. The minimum Gasteiger partial charge on any atom is -0.355 e. The number of benzene rings is 1. The maximum atomic E-state index is 11.4. The Bertz CT molecular complexity index is 415. The number of hydrogen-bond acceptors (Lipinski definition) is 1. The molecule has 2 bridgehead atoms. The number of nitrogens with one attached hydrogen (secondary N) is 1. The molecule has 2 heterocycles. The van der Waals surface area contributed by atoms with Crippen molar-refractivity contribution >= 4 is 21.8 Å². The van der Waals surface area contributed by atoms with Crippen LogP contribution >= 0.6 is 15.9 Å². The summed E-state index contributed by atoms with van der Waals surface area (Å²) in [4.78, 5) is 11.4. The second kappa shape index (κ2) is 3.59. The summed E-state index contributed by atoms with van der Waals surface area (Å²) in [6.45, 7) is 0.860. The summed E-state index contributed by atoms with van der Waals surface area (Å²) in [5.41, 5.74) is 1.73. The molecule has 0 atom stereocenters. The fourth-order valence-electron chi connectivity index (χ4n) is 2.98. The third-order valence-corrected chi connectivity index (χ3v) is 4.39. The molecule has 2 aliphatic heterocycles. The molecular formula is C13H14BrNO. The number of halogens is 1. The molecular weight excluding hydrogens is 266 g/mol. The van der Waals surface area contributed by atoms with Crippen molar-refractivity contribution in [2.75, 3.05) is 6.54 Å². The van der Waals surface area contributed by atoms with E-state index in [1.165, 1.54) is 5.56 Å². The van der Waals surface area contributed by atoms with Crippen molar-refractivity contribution in [2.45, 2.75) is 19.3 Å². The van der Waals surface area contributed by atoms with Crippen LogP contribution in [-0.2, 0) is 11.2 Å². The second-order valence-electron chi connectivity index (χ2n) is 5.13. The highest BCUT2D eigenvalue weighted by molar-refractivity contribution is 9.10. The Labute approximate surface area is 104 Å². The van der Waals surface area contributed by atoms with Crippen molar-refractivity contribution in [1.82, 2.24) is 5.32 Å². The highest BCUT2D eigenvalue weighted by Crippen LogP contribution is 2.50. The number of fused-ring (bicyclic) bond motifs is 2. The maximum absolute atomic E-state index is 11.4. The lowest BCUT2D eigenvalue weighted by Gasteiger charge is -2.51. The maximum Gasteiger partial charge on any atom is 0.223 e. The number of hydrogen-bond donors (Lipinski definition) is 1. The summed E-state index contributed by atoms with van der Waals surface area (Å²) in [6, 6.07) is 8.51. The predicted molar refractivity (Wildman–Crippen MR) is 66.0 cm³/mol. The van der Waals surface area contributed by atoms with Crippen LogP contribution in [0.25, 0.3) is 0 Å². The number of rotatable bonds is 2. The Balaban J connectivity index is 1.72. The summed E-state index contributed by atoms with van der Waals surface area (Å²) in [6.07, 6.45) is 3.25. The molecule has 0 spiro atoms. The van der Waals surface area contributed by atoms with Crippen LogP contribution in [0.2, 0.25) is 0 Å². The summed E-state index contributed by atoms with van der Waals surface area (Å²) < 4.78 is 1.12. The first-order chi connectivity index (χ1) is 7.67. The van der Waals surface area contributed by atoms with Crippen LogP contribution < -0.4 is 5.32 Å². The van der Waals surface area contributed by atoms with Crippen LogP contribution in [0, 0.1) is 11.3 Å². The zero-order chi connectivity index (χ0) is 11.2. The van der Waals surface area contributed by atoms with E-state index in [1.54, 1.807) is 0 Å². The van der Waals surface area contributed by atoms with E-state index in [1.807, 2.05) is 0 Å². The van der Waals surface area contributed by atoms with E-state index in [-0.39, 0.29) is 5.91 Å². The highest BCUT2D eigenvalue weighted by Gasteiger charge is 2.50. The normalized spacial score (nSPS) is 31.8. The third-order valence-electron chi connectivity index (χ3n) is 3.86. The van der Waals surface area contributed by atoms with Crippen molar-refractivity contribution in [3.63, 3.8) is 0 Å². The molecule has 1 N–H and O–H groups in total. The second-order valence-corrected chi connectivity index (χ2v) is 6.04. The Morgan fingerprint density at radius 2 is 2.00 bits per heavy atom. The van der Waals surface area contributed by atoms with Gasteiger partial charge in [-0.1, -0.05) is 28.1 Å². The molecule has 2 saturated heterocycles. The minimum atomic E-state index is 0.262. The van der Waals surface area contributed by atoms with Crippen LogP contribution in [0.15, 0.2) is 28.7 Å². The van der Waals surface area contributed by atoms with E-state index >= 15 is 0 Å². The molecule has 0 radical (unpaired) electrons. The van der Waals surface area contributed by atoms with Gasteiger partial charge in [0.05, 0.1) is 0 Å². The van der Waals surface area contributed by atoms with Crippen molar-refractivity contribution < 1.29 is 4.79 Å². The van der Waals surface area contributed by atoms with Gasteiger partial charge in [-0.3, -0.25) is 4.79 Å². The van der Waals surface area contributed by atoms with Crippen LogP contribution in [0.5, 0.6) is 0 Å². The lowest BCUT2D eigenvalue weighted by atomic mass is 9.57. The van der Waals surface area contributed by atoms with Crippen molar-refractivity contribution in [1.29, 1.82) is 0 Å². The largest absolute Gasteiger partial charge is 0.355 e. The van der Waals surface area contributed by atoms with Crippen LogP contribution in [0.4, 0.5) is 0 Å². The Morgan fingerprint density at radius 1 is 1.31 bits per heavy atom. The number of carbonyl (C=O) groups is 1. The van der Waals surface area contributed by atoms with Gasteiger partial charge in [0.15, 0.2) is 0 Å². The predicted octanol–water partition coefficient (Wildman–Crippen LogP) is 2.52. The van der Waals surface area contributed by atoms with Gasteiger partial charge in [0.1, 0.15) is 0 Å². The van der Waals surface area contributed by atoms with Gasteiger partial charge in [-0.15, -0.1) is 0 Å². The highest BCUT2D eigenvalue weighted by atomic mass is 79.9. The number of carbonyl (C=O) groups excluding carboxylic acids is 1. The molecule has 16 heavy (non-hydrogen) atoms. The Kier molecular flexibility index (Phi) is 2.32. The van der Waals surface area contributed by atoms with E-state index in [2.05, 4.69) is 45.5 Å². The topological polar surface area (TPSA) is 29.1 Å². The zero-order valence-corrected chi connectivity index (χ0v) is 10.6. The summed E-state index contributed by atoms with van der Waals surface area (Å²) >= 11 is 3.44. The summed E-state index contributed by atoms with van der Waals surface area (Å²) in [5, 5.41) is 3.01. The van der Waals surface area contributed by atoms with Crippen LogP contribution in [-0.4, -0.2) is 12.5 Å². The van der Waals surface area contributed by atoms with Crippen LogP contribution in [0.3, 0.4) is 0 Å². The third kappa shape index (κ3) is 1.67. The number of piperidine rings is 2. The smallest absolute Gasteiger partial charge is 0.223 e. The minimum absolute atomic E-state index is 0.262. The number of amides is 1. The Morgan fingerprint density at radius 3 is 2.56 bits per heavy atom. The van der Waals surface area contributed by atoms with E-state index in [9.17, 15) is 4.79 Å². The van der Waals surface area contributed by atoms with Crippen molar-refractivity contribution in [3.05, 3.63) is 34.3 Å². The van der Waals surface area contributed by atoms with E-state index in [0.717, 1.165) is 30.3 Å². The van der Waals surface area contributed by atoms with Gasteiger partial charge in [0, 0.05) is 16.9 Å². The summed E-state index contributed by atoms with van der Waals surface area (Å²) in [5.74, 6) is 0.557. The first kappa shape index (κ1) is 10.3. The quantitative estimate of drug-likeness (QED) is 0.886. The first-order valence-electron chi connectivity index (χ1n) is 5.69. The van der Waals surface area contributed by atoms with E-state index < -0.39 is 0 Å². The van der Waals surface area contributed by atoms with E-state index in [4.69, 9.17) is 0 Å². The molecule has 1 aliphatic carbocycles. The van der Waals surface area contributed by atoms with Gasteiger partial charge in [-0.05, 0) is 42.4 Å². The van der Waals surface area contributed by atoms with E-state index in [0.29, 0.717) is 11.3 Å².